The minimum absolute atomic E-state index is 0.358. The van der Waals surface area contributed by atoms with Crippen LogP contribution in [0.1, 0.15) is 46.3 Å². The highest BCUT2D eigenvalue weighted by Gasteiger charge is 2.23. The lowest BCUT2D eigenvalue weighted by molar-refractivity contribution is 0.100. The first-order valence-corrected chi connectivity index (χ1v) is 6.87. The number of aryl methyl sites for hydroxylation is 1. The molecule has 1 aliphatic rings. The molecule has 4 nitrogen and oxygen atoms in total. The van der Waals surface area contributed by atoms with Gasteiger partial charge >= 0.3 is 0 Å². The molecule has 1 aromatic carbocycles. The number of aliphatic hydroxyl groups excluding tert-OH is 1. The van der Waals surface area contributed by atoms with Crippen molar-refractivity contribution in [3.63, 3.8) is 0 Å². The third-order valence-corrected chi connectivity index (χ3v) is 3.98. The maximum Gasteiger partial charge on any atom is 0.248 e. The molecule has 0 bridgehead atoms. The molecule has 1 aliphatic carbocycles. The summed E-state index contributed by atoms with van der Waals surface area (Å²) in [6.45, 7) is 2.03. The van der Waals surface area contributed by atoms with E-state index < -0.39 is 5.91 Å². The third-order valence-electron chi connectivity index (χ3n) is 3.98. The van der Waals surface area contributed by atoms with Gasteiger partial charge < -0.3 is 15.4 Å². The van der Waals surface area contributed by atoms with E-state index in [4.69, 9.17) is 5.73 Å². The first kappa shape index (κ1) is 12.9. The van der Waals surface area contributed by atoms with E-state index in [0.29, 0.717) is 5.56 Å². The number of hydrogen-bond donors (Lipinski definition) is 2. The monoisotopic (exact) mass is 270 g/mol. The quantitative estimate of drug-likeness (QED) is 0.878. The van der Waals surface area contributed by atoms with Crippen LogP contribution in [0.25, 0.3) is 5.69 Å². The molecule has 3 N–H and O–H groups in total. The Bertz CT molecular complexity index is 656. The molecule has 0 radical (unpaired) electrons. The van der Waals surface area contributed by atoms with Gasteiger partial charge in [-0.25, -0.2) is 0 Å². The van der Waals surface area contributed by atoms with Crippen molar-refractivity contribution in [1.29, 1.82) is 0 Å². The summed E-state index contributed by atoms with van der Waals surface area (Å²) in [5, 5.41) is 10.1. The van der Waals surface area contributed by atoms with Gasteiger partial charge in [-0.15, -0.1) is 0 Å². The summed E-state index contributed by atoms with van der Waals surface area (Å²) in [6.07, 6.45) is 2.44. The fourth-order valence-electron chi connectivity index (χ4n) is 3.01. The second kappa shape index (κ2) is 4.80. The van der Waals surface area contributed by atoms with Gasteiger partial charge in [0.25, 0.3) is 0 Å². The van der Waals surface area contributed by atoms with Gasteiger partial charge in [0, 0.05) is 28.2 Å². The van der Waals surface area contributed by atoms with E-state index in [1.165, 1.54) is 5.69 Å². The second-order valence-corrected chi connectivity index (χ2v) is 5.34. The number of aliphatic hydroxyl groups is 1. The molecule has 3 rings (SSSR count). The summed E-state index contributed by atoms with van der Waals surface area (Å²) < 4.78 is 2.16. The fraction of sp³-hybridized carbons (Fsp3) is 0.312. The molecule has 0 aliphatic heterocycles. The van der Waals surface area contributed by atoms with Gasteiger partial charge in [0.05, 0.1) is 6.10 Å². The van der Waals surface area contributed by atoms with Crippen LogP contribution in [-0.4, -0.2) is 15.6 Å². The SMILES string of the molecule is Cc1cc2c(n1-c1ccc(C(N)=O)cc1)CCCC2O. The highest BCUT2D eigenvalue weighted by molar-refractivity contribution is 5.92. The largest absolute Gasteiger partial charge is 0.388 e. The standard InChI is InChI=1S/C16H18N2O2/c1-10-9-13-14(3-2-4-15(13)19)18(10)12-7-5-11(6-8-12)16(17)20/h5-9,15,19H,2-4H2,1H3,(H2,17,20). The lowest BCUT2D eigenvalue weighted by Crippen LogP contribution is -2.13. The molecule has 0 fully saturated rings. The van der Waals surface area contributed by atoms with Gasteiger partial charge in [0.2, 0.25) is 5.91 Å². The Morgan fingerprint density at radius 3 is 2.70 bits per heavy atom. The van der Waals surface area contributed by atoms with Gasteiger partial charge in [0.1, 0.15) is 0 Å². The molecule has 1 amide bonds. The molecule has 1 atom stereocenters. The number of hydrogen-bond acceptors (Lipinski definition) is 2. The molecule has 4 heteroatoms. The summed E-state index contributed by atoms with van der Waals surface area (Å²) in [6, 6.07) is 9.33. The van der Waals surface area contributed by atoms with Crippen LogP contribution in [0.2, 0.25) is 0 Å². The molecular weight excluding hydrogens is 252 g/mol. The van der Waals surface area contributed by atoms with E-state index in [9.17, 15) is 9.90 Å². The van der Waals surface area contributed by atoms with Crippen molar-refractivity contribution in [2.24, 2.45) is 5.73 Å². The third kappa shape index (κ3) is 2.02. The smallest absolute Gasteiger partial charge is 0.248 e. The number of fused-ring (bicyclic) bond motifs is 1. The minimum Gasteiger partial charge on any atom is -0.388 e. The maximum absolute atomic E-state index is 11.1. The molecule has 0 saturated heterocycles. The molecule has 0 spiro atoms. The highest BCUT2D eigenvalue weighted by atomic mass is 16.3. The maximum atomic E-state index is 11.1. The van der Waals surface area contributed by atoms with E-state index >= 15 is 0 Å². The number of nitrogens with zero attached hydrogens (tertiary/aromatic N) is 1. The Morgan fingerprint density at radius 1 is 1.35 bits per heavy atom. The van der Waals surface area contributed by atoms with Crippen molar-refractivity contribution in [3.05, 3.63) is 52.8 Å². The molecule has 1 unspecified atom stereocenters. The van der Waals surface area contributed by atoms with E-state index in [2.05, 4.69) is 10.6 Å². The number of rotatable bonds is 2. The normalized spacial score (nSPS) is 17.8. The summed E-state index contributed by atoms with van der Waals surface area (Å²) in [5.74, 6) is -0.418. The highest BCUT2D eigenvalue weighted by Crippen LogP contribution is 2.33. The zero-order chi connectivity index (χ0) is 14.3. The van der Waals surface area contributed by atoms with Crippen molar-refractivity contribution < 1.29 is 9.90 Å². The zero-order valence-corrected chi connectivity index (χ0v) is 11.5. The Morgan fingerprint density at radius 2 is 2.05 bits per heavy atom. The molecule has 2 aromatic rings. The number of carbonyl (C=O) groups excluding carboxylic acids is 1. The number of carbonyl (C=O) groups is 1. The number of primary amides is 1. The first-order chi connectivity index (χ1) is 9.58. The topological polar surface area (TPSA) is 68.2 Å². The molecule has 1 aromatic heterocycles. The number of aromatic nitrogens is 1. The Labute approximate surface area is 117 Å². The lowest BCUT2D eigenvalue weighted by Gasteiger charge is -2.20. The van der Waals surface area contributed by atoms with Crippen LogP contribution in [0.3, 0.4) is 0 Å². The van der Waals surface area contributed by atoms with E-state index in [1.807, 2.05) is 19.1 Å². The van der Waals surface area contributed by atoms with Crippen molar-refractivity contribution in [2.75, 3.05) is 0 Å². The summed E-state index contributed by atoms with van der Waals surface area (Å²) >= 11 is 0. The van der Waals surface area contributed by atoms with Crippen LogP contribution in [0.15, 0.2) is 30.3 Å². The summed E-state index contributed by atoms with van der Waals surface area (Å²) in [4.78, 5) is 11.1. The predicted molar refractivity (Wildman–Crippen MR) is 76.9 cm³/mol. The minimum atomic E-state index is -0.418. The van der Waals surface area contributed by atoms with Crippen molar-refractivity contribution >= 4 is 5.91 Å². The first-order valence-electron chi connectivity index (χ1n) is 6.87. The lowest BCUT2D eigenvalue weighted by atomic mass is 9.95. The van der Waals surface area contributed by atoms with E-state index in [1.54, 1.807) is 12.1 Å². The number of amides is 1. The average Bonchev–Trinajstić information content (AvgIpc) is 2.77. The fourth-order valence-corrected chi connectivity index (χ4v) is 3.01. The molecular formula is C16H18N2O2. The molecule has 104 valence electrons. The summed E-state index contributed by atoms with van der Waals surface area (Å²) in [7, 11) is 0. The van der Waals surface area contributed by atoms with Gasteiger partial charge in [-0.2, -0.15) is 0 Å². The van der Waals surface area contributed by atoms with Crippen LogP contribution in [0.4, 0.5) is 0 Å². The van der Waals surface area contributed by atoms with Gasteiger partial charge in [-0.1, -0.05) is 0 Å². The zero-order valence-electron chi connectivity index (χ0n) is 11.5. The molecule has 20 heavy (non-hydrogen) atoms. The van der Waals surface area contributed by atoms with Crippen LogP contribution in [0, 0.1) is 6.92 Å². The Hall–Kier alpha value is -2.07. The molecule has 0 saturated carbocycles. The second-order valence-electron chi connectivity index (χ2n) is 5.34. The van der Waals surface area contributed by atoms with Crippen LogP contribution in [0.5, 0.6) is 0 Å². The Kier molecular flexibility index (Phi) is 3.10. The van der Waals surface area contributed by atoms with Gasteiger partial charge in [-0.05, 0) is 56.5 Å². The van der Waals surface area contributed by atoms with E-state index in [0.717, 1.165) is 36.2 Å². The van der Waals surface area contributed by atoms with Crippen LogP contribution >= 0.6 is 0 Å². The molecule has 1 heterocycles. The van der Waals surface area contributed by atoms with Crippen molar-refractivity contribution in [1.82, 2.24) is 4.57 Å². The summed E-state index contributed by atoms with van der Waals surface area (Å²) in [5.41, 5.74) is 10.1. The van der Waals surface area contributed by atoms with Gasteiger partial charge in [0.15, 0.2) is 0 Å². The van der Waals surface area contributed by atoms with Crippen molar-refractivity contribution in [2.45, 2.75) is 32.3 Å². The van der Waals surface area contributed by atoms with Crippen LogP contribution in [-0.2, 0) is 6.42 Å². The number of nitrogens with two attached hydrogens (primary N) is 1. The van der Waals surface area contributed by atoms with E-state index in [-0.39, 0.29) is 6.10 Å². The van der Waals surface area contributed by atoms with Gasteiger partial charge in [-0.3, -0.25) is 4.79 Å². The van der Waals surface area contributed by atoms with Crippen LogP contribution < -0.4 is 5.73 Å². The number of benzene rings is 1. The predicted octanol–water partition coefficient (Wildman–Crippen LogP) is 2.25. The average molecular weight is 270 g/mol. The van der Waals surface area contributed by atoms with Crippen molar-refractivity contribution in [3.8, 4) is 5.69 Å². The Balaban J connectivity index is 2.08.